The highest BCUT2D eigenvalue weighted by Crippen LogP contribution is 2.26. The Balaban J connectivity index is 2.47. The van der Waals surface area contributed by atoms with Crippen molar-refractivity contribution in [3.63, 3.8) is 0 Å². The Kier molecular flexibility index (Phi) is 3.15. The zero-order chi connectivity index (χ0) is 12.3. The molecule has 0 aliphatic heterocycles. The van der Waals surface area contributed by atoms with Gasteiger partial charge in [-0.05, 0) is 11.6 Å². The molecule has 0 amide bonds. The van der Waals surface area contributed by atoms with E-state index in [2.05, 4.69) is 0 Å². The molecule has 2 rings (SSSR count). The molecular weight excluding hydrogens is 220 g/mol. The van der Waals surface area contributed by atoms with Crippen molar-refractivity contribution in [2.24, 2.45) is 0 Å². The maximum atomic E-state index is 13.6. The topological polar surface area (TPSA) is 23.8 Å². The summed E-state index contributed by atoms with van der Waals surface area (Å²) < 4.78 is 26.4. The van der Waals surface area contributed by atoms with E-state index in [0.29, 0.717) is 5.56 Å². The van der Waals surface area contributed by atoms with Crippen LogP contribution in [0.3, 0.4) is 0 Å². The summed E-state index contributed by atoms with van der Waals surface area (Å²) >= 11 is 0. The van der Waals surface area contributed by atoms with Crippen LogP contribution in [0, 0.1) is 23.0 Å². The van der Waals surface area contributed by atoms with E-state index in [1.54, 1.807) is 24.3 Å². The molecular formula is C14H9F2N. The first kappa shape index (κ1) is 11.3. The number of benzene rings is 2. The molecule has 0 heterocycles. The van der Waals surface area contributed by atoms with E-state index in [-0.39, 0.29) is 5.56 Å². The van der Waals surface area contributed by atoms with Gasteiger partial charge in [0.05, 0.1) is 12.0 Å². The monoisotopic (exact) mass is 229 g/mol. The number of nitrogens with zero attached hydrogens (tertiary/aromatic N) is 1. The van der Waals surface area contributed by atoms with E-state index in [1.807, 2.05) is 12.1 Å². The van der Waals surface area contributed by atoms with Crippen LogP contribution in [0.5, 0.6) is 0 Å². The van der Waals surface area contributed by atoms with Crippen LogP contribution in [-0.4, -0.2) is 0 Å². The molecule has 0 spiro atoms. The van der Waals surface area contributed by atoms with Crippen molar-refractivity contribution < 1.29 is 8.78 Å². The van der Waals surface area contributed by atoms with Gasteiger partial charge in [-0.15, -0.1) is 0 Å². The quantitative estimate of drug-likeness (QED) is 0.771. The summed E-state index contributed by atoms with van der Waals surface area (Å²) in [6.45, 7) is 0. The van der Waals surface area contributed by atoms with Gasteiger partial charge in [0, 0.05) is 11.6 Å². The normalized spacial score (nSPS) is 11.8. The predicted molar refractivity (Wildman–Crippen MR) is 60.3 cm³/mol. The summed E-state index contributed by atoms with van der Waals surface area (Å²) in [5.74, 6) is -2.05. The van der Waals surface area contributed by atoms with Gasteiger partial charge >= 0.3 is 0 Å². The average molecular weight is 229 g/mol. The molecule has 0 aliphatic rings. The Bertz CT molecular complexity index is 558. The maximum Gasteiger partial charge on any atom is 0.130 e. The van der Waals surface area contributed by atoms with Gasteiger partial charge in [-0.2, -0.15) is 5.26 Å². The minimum atomic E-state index is -0.711. The van der Waals surface area contributed by atoms with E-state index in [0.717, 1.165) is 12.1 Å². The molecule has 2 aromatic rings. The summed E-state index contributed by atoms with van der Waals surface area (Å²) in [4.78, 5) is 0. The molecule has 1 nitrogen and oxygen atoms in total. The van der Waals surface area contributed by atoms with E-state index in [9.17, 15) is 8.78 Å². The van der Waals surface area contributed by atoms with Crippen LogP contribution in [0.1, 0.15) is 17.0 Å². The first-order valence-corrected chi connectivity index (χ1v) is 5.12. The zero-order valence-electron chi connectivity index (χ0n) is 8.90. The average Bonchev–Trinajstić information content (AvgIpc) is 2.34. The van der Waals surface area contributed by atoms with E-state index in [4.69, 9.17) is 5.26 Å². The highest BCUT2D eigenvalue weighted by Gasteiger charge is 2.17. The van der Waals surface area contributed by atoms with Crippen molar-refractivity contribution in [2.75, 3.05) is 0 Å². The second-order valence-electron chi connectivity index (χ2n) is 3.64. The Morgan fingerprint density at radius 3 is 2.29 bits per heavy atom. The van der Waals surface area contributed by atoms with Crippen molar-refractivity contribution in [1.82, 2.24) is 0 Å². The summed E-state index contributed by atoms with van der Waals surface area (Å²) in [6.07, 6.45) is 0. The second kappa shape index (κ2) is 4.75. The van der Waals surface area contributed by atoms with Crippen molar-refractivity contribution >= 4 is 0 Å². The molecule has 0 saturated carbocycles. The third-order valence-electron chi connectivity index (χ3n) is 2.54. The highest BCUT2D eigenvalue weighted by atomic mass is 19.1. The Labute approximate surface area is 97.9 Å². The second-order valence-corrected chi connectivity index (χ2v) is 3.64. The van der Waals surface area contributed by atoms with Gasteiger partial charge in [-0.3, -0.25) is 0 Å². The molecule has 0 radical (unpaired) electrons. The molecule has 84 valence electrons. The minimum Gasteiger partial charge on any atom is -0.207 e. The summed E-state index contributed by atoms with van der Waals surface area (Å²) in [7, 11) is 0. The van der Waals surface area contributed by atoms with Crippen LogP contribution >= 0.6 is 0 Å². The lowest BCUT2D eigenvalue weighted by Gasteiger charge is -2.10. The molecule has 2 aromatic carbocycles. The van der Waals surface area contributed by atoms with Crippen LogP contribution in [0.15, 0.2) is 48.5 Å². The van der Waals surface area contributed by atoms with Crippen LogP contribution in [-0.2, 0) is 0 Å². The molecule has 0 aliphatic carbocycles. The third-order valence-corrected chi connectivity index (χ3v) is 2.54. The fourth-order valence-electron chi connectivity index (χ4n) is 1.70. The van der Waals surface area contributed by atoms with Crippen LogP contribution in [0.2, 0.25) is 0 Å². The largest absolute Gasteiger partial charge is 0.207 e. The summed E-state index contributed by atoms with van der Waals surface area (Å²) in [6, 6.07) is 14.2. The molecule has 1 unspecified atom stereocenters. The lowest BCUT2D eigenvalue weighted by molar-refractivity contribution is 0.571. The number of nitriles is 1. The smallest absolute Gasteiger partial charge is 0.130 e. The van der Waals surface area contributed by atoms with Crippen molar-refractivity contribution in [3.05, 3.63) is 71.3 Å². The molecule has 0 bridgehead atoms. The summed E-state index contributed by atoms with van der Waals surface area (Å²) in [5, 5.41) is 9.12. The summed E-state index contributed by atoms with van der Waals surface area (Å²) in [5.41, 5.74) is 0.889. The molecule has 0 aromatic heterocycles. The standard InChI is InChI=1S/C14H9F2N/c15-11-6-7-12(14(16)8-11)13(9-17)10-4-2-1-3-5-10/h1-8,13H. The van der Waals surface area contributed by atoms with Gasteiger partial charge in [-0.1, -0.05) is 36.4 Å². The van der Waals surface area contributed by atoms with Gasteiger partial charge < -0.3 is 0 Å². The molecule has 0 N–H and O–H groups in total. The molecule has 3 heteroatoms. The van der Waals surface area contributed by atoms with Gasteiger partial charge in [0.2, 0.25) is 0 Å². The predicted octanol–water partition coefficient (Wildman–Crippen LogP) is 3.62. The lowest BCUT2D eigenvalue weighted by atomic mass is 9.92. The fraction of sp³-hybridized carbons (Fsp3) is 0.0714. The SMILES string of the molecule is N#CC(c1ccccc1)c1ccc(F)cc1F. The highest BCUT2D eigenvalue weighted by molar-refractivity contribution is 5.38. The maximum absolute atomic E-state index is 13.6. The Morgan fingerprint density at radius 2 is 1.71 bits per heavy atom. The van der Waals surface area contributed by atoms with Crippen molar-refractivity contribution in [3.8, 4) is 6.07 Å². The molecule has 17 heavy (non-hydrogen) atoms. The van der Waals surface area contributed by atoms with E-state index in [1.165, 1.54) is 6.07 Å². The van der Waals surface area contributed by atoms with Crippen LogP contribution in [0.25, 0.3) is 0 Å². The van der Waals surface area contributed by atoms with Crippen LogP contribution < -0.4 is 0 Å². The van der Waals surface area contributed by atoms with Gasteiger partial charge in [0.25, 0.3) is 0 Å². The first-order valence-electron chi connectivity index (χ1n) is 5.12. The number of rotatable bonds is 2. The number of hydrogen-bond donors (Lipinski definition) is 0. The Morgan fingerprint density at radius 1 is 1.00 bits per heavy atom. The number of hydrogen-bond acceptors (Lipinski definition) is 1. The van der Waals surface area contributed by atoms with Crippen molar-refractivity contribution in [1.29, 1.82) is 5.26 Å². The molecule has 0 saturated heterocycles. The first-order chi connectivity index (χ1) is 8.22. The van der Waals surface area contributed by atoms with Crippen molar-refractivity contribution in [2.45, 2.75) is 5.92 Å². The van der Waals surface area contributed by atoms with Gasteiger partial charge in [0.1, 0.15) is 11.6 Å². The van der Waals surface area contributed by atoms with E-state index < -0.39 is 17.6 Å². The van der Waals surface area contributed by atoms with Gasteiger partial charge in [-0.25, -0.2) is 8.78 Å². The Hall–Kier alpha value is -2.21. The fourth-order valence-corrected chi connectivity index (χ4v) is 1.70. The zero-order valence-corrected chi connectivity index (χ0v) is 8.90. The number of halogens is 2. The van der Waals surface area contributed by atoms with Gasteiger partial charge in [0.15, 0.2) is 0 Å². The lowest BCUT2D eigenvalue weighted by Crippen LogP contribution is -2.01. The minimum absolute atomic E-state index is 0.195. The molecule has 1 atom stereocenters. The van der Waals surface area contributed by atoms with Crippen LogP contribution in [0.4, 0.5) is 8.78 Å². The molecule has 0 fully saturated rings. The third kappa shape index (κ3) is 2.31. The van der Waals surface area contributed by atoms with E-state index >= 15 is 0 Å².